The third-order valence-electron chi connectivity index (χ3n) is 4.39. The van der Waals surface area contributed by atoms with Gasteiger partial charge in [0.25, 0.3) is 0 Å². The summed E-state index contributed by atoms with van der Waals surface area (Å²) in [7, 11) is 0. The van der Waals surface area contributed by atoms with Crippen LogP contribution in [0.4, 0.5) is 0 Å². The first kappa shape index (κ1) is 13.9. The van der Waals surface area contributed by atoms with E-state index in [2.05, 4.69) is 38.1 Å². The third kappa shape index (κ3) is 2.25. The number of benzene rings is 2. The Morgan fingerprint density at radius 3 is 2.62 bits per heavy atom. The van der Waals surface area contributed by atoms with E-state index in [1.165, 1.54) is 0 Å². The minimum absolute atomic E-state index is 0.163. The van der Waals surface area contributed by atoms with E-state index in [9.17, 15) is 4.79 Å². The number of aldehydes is 1. The van der Waals surface area contributed by atoms with Crippen LogP contribution in [0.3, 0.4) is 0 Å². The highest BCUT2D eigenvalue weighted by atomic mass is 16.3. The number of fused-ring (bicyclic) bond motifs is 3. The molecular weight excluding hydrogens is 260 g/mol. The number of carbonyl (C=O) groups is 1. The van der Waals surface area contributed by atoms with Gasteiger partial charge in [0.15, 0.2) is 0 Å². The van der Waals surface area contributed by atoms with Crippen molar-refractivity contribution in [2.75, 3.05) is 0 Å². The van der Waals surface area contributed by atoms with Crippen LogP contribution in [0.15, 0.2) is 46.9 Å². The van der Waals surface area contributed by atoms with Crippen LogP contribution in [0.1, 0.15) is 38.7 Å². The summed E-state index contributed by atoms with van der Waals surface area (Å²) in [5, 5.41) is 2.27. The van der Waals surface area contributed by atoms with Crippen LogP contribution >= 0.6 is 0 Å². The van der Waals surface area contributed by atoms with E-state index < -0.39 is 0 Å². The molecule has 0 spiro atoms. The average Bonchev–Trinajstić information content (AvgIpc) is 2.86. The maximum absolute atomic E-state index is 11.1. The molecule has 2 aromatic carbocycles. The summed E-state index contributed by atoms with van der Waals surface area (Å²) in [5.41, 5.74) is 2.82. The topological polar surface area (TPSA) is 30.2 Å². The van der Waals surface area contributed by atoms with Crippen molar-refractivity contribution in [1.29, 1.82) is 0 Å². The lowest BCUT2D eigenvalue weighted by Crippen LogP contribution is -2.22. The van der Waals surface area contributed by atoms with E-state index in [-0.39, 0.29) is 5.41 Å². The summed E-state index contributed by atoms with van der Waals surface area (Å²) in [5.74, 6) is 0. The Hall–Kier alpha value is -2.09. The second kappa shape index (κ2) is 5.36. The standard InChI is InChI=1S/C19H20O2/c1-3-11-19(2,12-13-20)16-9-6-8-15-14-7-4-5-10-17(14)21-18(15)16/h4-10,13H,3,11-12H2,1-2H3/t19-/m1/s1. The Morgan fingerprint density at radius 2 is 1.86 bits per heavy atom. The molecule has 1 aromatic heterocycles. The summed E-state index contributed by atoms with van der Waals surface area (Å²) in [6.07, 6.45) is 3.57. The number of rotatable bonds is 5. The average molecular weight is 280 g/mol. The maximum Gasteiger partial charge on any atom is 0.139 e. The van der Waals surface area contributed by atoms with Gasteiger partial charge in [-0.3, -0.25) is 0 Å². The van der Waals surface area contributed by atoms with E-state index in [0.29, 0.717) is 6.42 Å². The second-order valence-corrected chi connectivity index (χ2v) is 5.96. The summed E-state index contributed by atoms with van der Waals surface area (Å²) in [6, 6.07) is 14.4. The molecule has 3 aromatic rings. The number of carbonyl (C=O) groups excluding carboxylic acids is 1. The normalized spacial score (nSPS) is 14.4. The van der Waals surface area contributed by atoms with E-state index in [1.807, 2.05) is 18.2 Å². The molecule has 0 bridgehead atoms. The van der Waals surface area contributed by atoms with Gasteiger partial charge in [0.05, 0.1) is 0 Å². The Kier molecular flexibility index (Phi) is 3.54. The molecule has 2 nitrogen and oxygen atoms in total. The molecule has 1 heterocycles. The zero-order valence-electron chi connectivity index (χ0n) is 12.6. The van der Waals surface area contributed by atoms with Crippen LogP contribution in [0.5, 0.6) is 0 Å². The lowest BCUT2D eigenvalue weighted by Gasteiger charge is -2.27. The molecule has 1 atom stereocenters. The van der Waals surface area contributed by atoms with Crippen LogP contribution in [0.25, 0.3) is 21.9 Å². The summed E-state index contributed by atoms with van der Waals surface area (Å²) in [6.45, 7) is 4.31. The zero-order chi connectivity index (χ0) is 14.9. The quantitative estimate of drug-likeness (QED) is 0.599. The summed E-state index contributed by atoms with van der Waals surface area (Å²) >= 11 is 0. The predicted octanol–water partition coefficient (Wildman–Crippen LogP) is 5.23. The van der Waals surface area contributed by atoms with E-state index in [1.54, 1.807) is 0 Å². The van der Waals surface area contributed by atoms with Crippen molar-refractivity contribution in [3.05, 3.63) is 48.0 Å². The summed E-state index contributed by atoms with van der Waals surface area (Å²) < 4.78 is 6.11. The van der Waals surface area contributed by atoms with Crippen molar-refractivity contribution < 1.29 is 9.21 Å². The fourth-order valence-corrected chi connectivity index (χ4v) is 3.30. The first-order chi connectivity index (χ1) is 10.2. The van der Waals surface area contributed by atoms with Crippen molar-refractivity contribution in [2.24, 2.45) is 0 Å². The molecule has 0 fully saturated rings. The van der Waals surface area contributed by atoms with Crippen LogP contribution in [0, 0.1) is 0 Å². The molecule has 0 aliphatic rings. The highest BCUT2D eigenvalue weighted by molar-refractivity contribution is 6.06. The molecule has 21 heavy (non-hydrogen) atoms. The van der Waals surface area contributed by atoms with Gasteiger partial charge < -0.3 is 9.21 Å². The smallest absolute Gasteiger partial charge is 0.139 e. The molecule has 0 aliphatic heterocycles. The molecule has 0 unspecified atom stereocenters. The van der Waals surface area contributed by atoms with Gasteiger partial charge in [0, 0.05) is 28.2 Å². The minimum atomic E-state index is -0.163. The van der Waals surface area contributed by atoms with Gasteiger partial charge in [-0.25, -0.2) is 0 Å². The van der Waals surface area contributed by atoms with Gasteiger partial charge in [0.2, 0.25) is 0 Å². The first-order valence-corrected chi connectivity index (χ1v) is 7.54. The SMILES string of the molecule is CCC[C@](C)(CC=O)c1cccc2c1oc1ccccc12. The van der Waals surface area contributed by atoms with E-state index in [4.69, 9.17) is 4.42 Å². The Morgan fingerprint density at radius 1 is 1.10 bits per heavy atom. The number of hydrogen-bond donors (Lipinski definition) is 0. The Balaban J connectivity index is 2.29. The number of para-hydroxylation sites is 2. The monoisotopic (exact) mass is 280 g/mol. The fraction of sp³-hybridized carbons (Fsp3) is 0.316. The summed E-state index contributed by atoms with van der Waals surface area (Å²) in [4.78, 5) is 11.1. The largest absolute Gasteiger partial charge is 0.456 e. The Labute approximate surface area is 124 Å². The third-order valence-corrected chi connectivity index (χ3v) is 4.39. The van der Waals surface area contributed by atoms with Crippen LogP contribution in [-0.2, 0) is 10.2 Å². The van der Waals surface area contributed by atoms with Gasteiger partial charge in [-0.15, -0.1) is 0 Å². The molecule has 108 valence electrons. The number of furan rings is 1. The lowest BCUT2D eigenvalue weighted by atomic mass is 9.76. The molecule has 0 saturated carbocycles. The van der Waals surface area contributed by atoms with Crippen molar-refractivity contribution >= 4 is 28.2 Å². The first-order valence-electron chi connectivity index (χ1n) is 7.54. The fourth-order valence-electron chi connectivity index (χ4n) is 3.30. The Bertz CT molecular complexity index is 784. The van der Waals surface area contributed by atoms with E-state index >= 15 is 0 Å². The molecule has 0 N–H and O–H groups in total. The number of hydrogen-bond acceptors (Lipinski definition) is 2. The highest BCUT2D eigenvalue weighted by Gasteiger charge is 2.29. The highest BCUT2D eigenvalue weighted by Crippen LogP contribution is 2.39. The van der Waals surface area contributed by atoms with Crippen LogP contribution in [-0.4, -0.2) is 6.29 Å². The molecule has 0 amide bonds. The van der Waals surface area contributed by atoms with Gasteiger partial charge in [0.1, 0.15) is 17.5 Å². The molecule has 2 heteroatoms. The van der Waals surface area contributed by atoms with Crippen LogP contribution < -0.4 is 0 Å². The van der Waals surface area contributed by atoms with Gasteiger partial charge in [-0.1, -0.05) is 56.7 Å². The molecular formula is C19H20O2. The molecule has 0 radical (unpaired) electrons. The second-order valence-electron chi connectivity index (χ2n) is 5.96. The molecule has 3 rings (SSSR count). The maximum atomic E-state index is 11.1. The van der Waals surface area contributed by atoms with Crippen molar-refractivity contribution in [1.82, 2.24) is 0 Å². The van der Waals surface area contributed by atoms with Gasteiger partial charge in [-0.05, 0) is 12.5 Å². The van der Waals surface area contributed by atoms with Gasteiger partial charge >= 0.3 is 0 Å². The lowest BCUT2D eigenvalue weighted by molar-refractivity contribution is -0.108. The zero-order valence-corrected chi connectivity index (χ0v) is 12.6. The van der Waals surface area contributed by atoms with Crippen molar-refractivity contribution in [3.63, 3.8) is 0 Å². The minimum Gasteiger partial charge on any atom is -0.456 e. The van der Waals surface area contributed by atoms with Crippen molar-refractivity contribution in [2.45, 2.75) is 38.5 Å². The van der Waals surface area contributed by atoms with Crippen molar-refractivity contribution in [3.8, 4) is 0 Å². The predicted molar refractivity (Wildman–Crippen MR) is 86.7 cm³/mol. The van der Waals surface area contributed by atoms with E-state index in [0.717, 1.165) is 46.6 Å². The van der Waals surface area contributed by atoms with Crippen LogP contribution in [0.2, 0.25) is 0 Å². The molecule has 0 aliphatic carbocycles. The van der Waals surface area contributed by atoms with Gasteiger partial charge in [-0.2, -0.15) is 0 Å². The molecule has 0 saturated heterocycles.